The smallest absolute Gasteiger partial charge is 0.240 e. The Morgan fingerprint density at radius 1 is 1.55 bits per heavy atom. The van der Waals surface area contributed by atoms with E-state index in [0.717, 1.165) is 6.42 Å². The molecule has 112 valence electrons. The summed E-state index contributed by atoms with van der Waals surface area (Å²) in [5.74, 6) is -0.0856. The molecule has 0 bridgehead atoms. The molecular formula is C15H23FN2O2. The van der Waals surface area contributed by atoms with Crippen molar-refractivity contribution < 1.29 is 13.9 Å². The molecule has 0 aliphatic carbocycles. The average Bonchev–Trinajstić information content (AvgIpc) is 2.38. The van der Waals surface area contributed by atoms with Gasteiger partial charge in [0.1, 0.15) is 11.6 Å². The van der Waals surface area contributed by atoms with E-state index in [1.807, 2.05) is 6.92 Å². The topological polar surface area (TPSA) is 64.4 Å². The molecule has 1 aromatic carbocycles. The maximum absolute atomic E-state index is 13.3. The van der Waals surface area contributed by atoms with Crippen LogP contribution in [-0.4, -0.2) is 18.6 Å². The van der Waals surface area contributed by atoms with Gasteiger partial charge in [-0.25, -0.2) is 4.39 Å². The average molecular weight is 282 g/mol. The minimum Gasteiger partial charge on any atom is -0.496 e. The van der Waals surface area contributed by atoms with Crippen molar-refractivity contribution in [3.05, 3.63) is 29.6 Å². The molecule has 20 heavy (non-hydrogen) atoms. The van der Waals surface area contributed by atoms with Crippen LogP contribution in [0.1, 0.15) is 45.2 Å². The molecule has 1 rings (SSSR count). The summed E-state index contributed by atoms with van der Waals surface area (Å²) in [4.78, 5) is 12.2. The quantitative estimate of drug-likeness (QED) is 0.842. The zero-order chi connectivity index (χ0) is 15.3. The summed E-state index contributed by atoms with van der Waals surface area (Å²) in [5, 5.41) is 2.81. The molecular weight excluding hydrogens is 259 g/mol. The SMILES string of the molecule is CCCC(C)(N)C(=O)NC(C)c1cc(F)ccc1OC. The Labute approximate surface area is 119 Å². The summed E-state index contributed by atoms with van der Waals surface area (Å²) in [5.41, 5.74) is 5.64. The number of nitrogens with two attached hydrogens (primary N) is 1. The molecule has 0 aromatic heterocycles. The van der Waals surface area contributed by atoms with Gasteiger partial charge in [-0.05, 0) is 38.5 Å². The molecule has 0 saturated carbocycles. The molecule has 0 heterocycles. The highest BCUT2D eigenvalue weighted by molar-refractivity contribution is 5.85. The van der Waals surface area contributed by atoms with E-state index in [0.29, 0.717) is 17.7 Å². The van der Waals surface area contributed by atoms with E-state index in [1.54, 1.807) is 19.9 Å². The number of halogens is 1. The number of amides is 1. The molecule has 0 aliphatic heterocycles. The molecule has 4 nitrogen and oxygen atoms in total. The first-order valence-corrected chi connectivity index (χ1v) is 6.75. The molecule has 1 amide bonds. The molecule has 3 N–H and O–H groups in total. The van der Waals surface area contributed by atoms with Crippen LogP contribution in [0.4, 0.5) is 4.39 Å². The van der Waals surface area contributed by atoms with Crippen molar-refractivity contribution >= 4 is 5.91 Å². The first kappa shape index (κ1) is 16.4. The number of carbonyl (C=O) groups is 1. The van der Waals surface area contributed by atoms with Crippen molar-refractivity contribution in [3.8, 4) is 5.75 Å². The largest absolute Gasteiger partial charge is 0.496 e. The van der Waals surface area contributed by atoms with Crippen LogP contribution in [-0.2, 0) is 4.79 Å². The second-order valence-electron chi connectivity index (χ2n) is 5.25. The Morgan fingerprint density at radius 3 is 2.75 bits per heavy atom. The molecule has 5 heteroatoms. The standard InChI is InChI=1S/C15H23FN2O2/c1-5-8-15(3,17)14(19)18-10(2)12-9-11(16)6-7-13(12)20-4/h6-7,9-10H,5,8,17H2,1-4H3,(H,18,19). The predicted molar refractivity (Wildman–Crippen MR) is 77.0 cm³/mol. The summed E-state index contributed by atoms with van der Waals surface area (Å²) >= 11 is 0. The summed E-state index contributed by atoms with van der Waals surface area (Å²) < 4.78 is 18.5. The second-order valence-corrected chi connectivity index (χ2v) is 5.25. The second kappa shape index (κ2) is 6.70. The Kier molecular flexibility index (Phi) is 5.51. The van der Waals surface area contributed by atoms with Crippen molar-refractivity contribution in [3.63, 3.8) is 0 Å². The lowest BCUT2D eigenvalue weighted by Gasteiger charge is -2.26. The Hall–Kier alpha value is -1.62. The van der Waals surface area contributed by atoms with Gasteiger partial charge in [0.15, 0.2) is 0 Å². The van der Waals surface area contributed by atoms with E-state index in [1.165, 1.54) is 19.2 Å². The molecule has 0 aliphatic rings. The van der Waals surface area contributed by atoms with Gasteiger partial charge >= 0.3 is 0 Å². The summed E-state index contributed by atoms with van der Waals surface area (Å²) in [7, 11) is 1.51. The number of benzene rings is 1. The fourth-order valence-corrected chi connectivity index (χ4v) is 2.12. The van der Waals surface area contributed by atoms with Crippen molar-refractivity contribution in [2.45, 2.75) is 45.2 Å². The fraction of sp³-hybridized carbons (Fsp3) is 0.533. The lowest BCUT2D eigenvalue weighted by Crippen LogP contribution is -2.52. The summed E-state index contributed by atoms with van der Waals surface area (Å²) in [6.07, 6.45) is 1.41. The first-order chi connectivity index (χ1) is 9.31. The van der Waals surface area contributed by atoms with Crippen LogP contribution in [0.3, 0.4) is 0 Å². The molecule has 0 fully saturated rings. The van der Waals surface area contributed by atoms with Crippen molar-refractivity contribution in [2.75, 3.05) is 7.11 Å². The number of methoxy groups -OCH3 is 1. The first-order valence-electron chi connectivity index (χ1n) is 6.75. The Morgan fingerprint density at radius 2 is 2.20 bits per heavy atom. The van der Waals surface area contributed by atoms with Gasteiger partial charge in [0, 0.05) is 5.56 Å². The minimum absolute atomic E-state index is 0.252. The van der Waals surface area contributed by atoms with Gasteiger partial charge in [0.2, 0.25) is 5.91 Å². The molecule has 2 unspecified atom stereocenters. The fourth-order valence-electron chi connectivity index (χ4n) is 2.12. The third-order valence-corrected chi connectivity index (χ3v) is 3.29. The van der Waals surface area contributed by atoms with E-state index in [9.17, 15) is 9.18 Å². The van der Waals surface area contributed by atoms with Gasteiger partial charge in [0.05, 0.1) is 18.7 Å². The molecule has 0 radical (unpaired) electrons. The Bertz CT molecular complexity index is 475. The van der Waals surface area contributed by atoms with Crippen molar-refractivity contribution in [1.29, 1.82) is 0 Å². The van der Waals surface area contributed by atoms with Crippen LogP contribution >= 0.6 is 0 Å². The highest BCUT2D eigenvalue weighted by atomic mass is 19.1. The zero-order valence-electron chi connectivity index (χ0n) is 12.5. The van der Waals surface area contributed by atoms with E-state index < -0.39 is 5.54 Å². The van der Waals surface area contributed by atoms with Crippen LogP contribution in [0.25, 0.3) is 0 Å². The number of hydrogen-bond donors (Lipinski definition) is 2. The van der Waals surface area contributed by atoms with Gasteiger partial charge < -0.3 is 15.8 Å². The van der Waals surface area contributed by atoms with Crippen LogP contribution < -0.4 is 15.8 Å². The summed E-state index contributed by atoms with van der Waals surface area (Å²) in [6, 6.07) is 3.84. The predicted octanol–water partition coefficient (Wildman–Crippen LogP) is 2.53. The van der Waals surface area contributed by atoms with Crippen LogP contribution in [0.15, 0.2) is 18.2 Å². The van der Waals surface area contributed by atoms with E-state index in [-0.39, 0.29) is 17.8 Å². The van der Waals surface area contributed by atoms with E-state index in [4.69, 9.17) is 10.5 Å². The lowest BCUT2D eigenvalue weighted by molar-refractivity contribution is -0.126. The lowest BCUT2D eigenvalue weighted by atomic mass is 9.95. The summed E-state index contributed by atoms with van der Waals surface area (Å²) in [6.45, 7) is 5.44. The molecule has 2 atom stereocenters. The van der Waals surface area contributed by atoms with Gasteiger partial charge in [0.25, 0.3) is 0 Å². The van der Waals surface area contributed by atoms with E-state index >= 15 is 0 Å². The number of rotatable bonds is 6. The normalized spacial score (nSPS) is 15.3. The number of hydrogen-bond acceptors (Lipinski definition) is 3. The number of ether oxygens (including phenoxy) is 1. The molecule has 1 aromatic rings. The van der Waals surface area contributed by atoms with Gasteiger partial charge in [-0.15, -0.1) is 0 Å². The number of carbonyl (C=O) groups excluding carboxylic acids is 1. The van der Waals surface area contributed by atoms with Crippen molar-refractivity contribution in [1.82, 2.24) is 5.32 Å². The van der Waals surface area contributed by atoms with Crippen LogP contribution in [0.2, 0.25) is 0 Å². The molecule has 0 saturated heterocycles. The van der Waals surface area contributed by atoms with Crippen LogP contribution in [0.5, 0.6) is 5.75 Å². The maximum Gasteiger partial charge on any atom is 0.240 e. The molecule has 0 spiro atoms. The highest BCUT2D eigenvalue weighted by Gasteiger charge is 2.28. The number of nitrogens with one attached hydrogen (secondary N) is 1. The third kappa shape index (κ3) is 3.93. The van der Waals surface area contributed by atoms with E-state index in [2.05, 4.69) is 5.32 Å². The maximum atomic E-state index is 13.3. The monoisotopic (exact) mass is 282 g/mol. The highest BCUT2D eigenvalue weighted by Crippen LogP contribution is 2.26. The van der Waals surface area contributed by atoms with Crippen LogP contribution in [0, 0.1) is 5.82 Å². The Balaban J connectivity index is 2.88. The third-order valence-electron chi connectivity index (χ3n) is 3.29. The van der Waals surface area contributed by atoms with Crippen molar-refractivity contribution in [2.24, 2.45) is 5.73 Å². The minimum atomic E-state index is -0.927. The van der Waals surface area contributed by atoms with Gasteiger partial charge in [-0.2, -0.15) is 0 Å². The zero-order valence-corrected chi connectivity index (χ0v) is 12.5. The van der Waals surface area contributed by atoms with Gasteiger partial charge in [-0.3, -0.25) is 4.79 Å². The van der Waals surface area contributed by atoms with Gasteiger partial charge in [-0.1, -0.05) is 13.3 Å².